The summed E-state index contributed by atoms with van der Waals surface area (Å²) in [5.41, 5.74) is 5.78. The van der Waals surface area contributed by atoms with Gasteiger partial charge in [0.05, 0.1) is 58.1 Å². The second kappa shape index (κ2) is 19.9. The average molecular weight is 1050 g/mol. The number of unbranched alkanes of at least 4 members (excludes halogenated alkanes) is 2. The van der Waals surface area contributed by atoms with Crippen LogP contribution in [0, 0.1) is 47.6 Å². The van der Waals surface area contributed by atoms with E-state index in [0.717, 1.165) is 35.4 Å². The van der Waals surface area contributed by atoms with Crippen LogP contribution in [0.3, 0.4) is 0 Å². The van der Waals surface area contributed by atoms with Crippen molar-refractivity contribution >= 4 is 170 Å². The van der Waals surface area contributed by atoms with Gasteiger partial charge in [-0.1, -0.05) is 79.1 Å². The van der Waals surface area contributed by atoms with Crippen LogP contribution in [-0.2, 0) is 12.8 Å². The summed E-state index contributed by atoms with van der Waals surface area (Å²) in [4.78, 5) is 15.7. The SMILES string of the molecule is [C-]#[N+]/C(C#N)=C\c1sc(-c2cc3sc4sc5cc(-c6cc7sc8c(c7s6)C6SC=C(c7cc(CC(CC)CCCC)c(/C=C(\C#N)[N+]#[C-])s7)C6S8)sc5c4c3s2)cc1CC(CC)CCCC. The highest BCUT2D eigenvalue weighted by atomic mass is 32.2. The summed E-state index contributed by atoms with van der Waals surface area (Å²) >= 11 is 19.1. The predicted molar refractivity (Wildman–Crippen MR) is 299 cm³/mol. The molecular formula is C52H44N4S10. The van der Waals surface area contributed by atoms with Gasteiger partial charge in [0, 0.05) is 59.2 Å². The molecule has 10 rings (SSSR count). The molecule has 10 heterocycles. The first-order valence-electron chi connectivity index (χ1n) is 22.5. The molecule has 2 aliphatic heterocycles. The lowest BCUT2D eigenvalue weighted by molar-refractivity contribution is 0.449. The second-order valence-corrected chi connectivity index (χ2v) is 28.2. The van der Waals surface area contributed by atoms with E-state index in [1.54, 1.807) is 22.7 Å². The quantitative estimate of drug-likeness (QED) is 0.0674. The van der Waals surface area contributed by atoms with Crippen LogP contribution >= 0.6 is 114 Å². The number of fused-ring (bicyclic) bond motifs is 10. The normalized spacial score (nSPS) is 17.1. The van der Waals surface area contributed by atoms with E-state index in [9.17, 15) is 10.5 Å². The fraction of sp³-hybridized carbons (Fsp3) is 0.346. The third kappa shape index (κ3) is 8.64. The molecule has 0 saturated heterocycles. The fourth-order valence-corrected chi connectivity index (χ4v) is 23.8. The Morgan fingerprint density at radius 1 is 0.636 bits per heavy atom. The van der Waals surface area contributed by atoms with E-state index in [1.165, 1.54) is 127 Å². The van der Waals surface area contributed by atoms with Crippen molar-refractivity contribution < 1.29 is 0 Å². The third-order valence-corrected chi connectivity index (χ3v) is 25.8. The summed E-state index contributed by atoms with van der Waals surface area (Å²) in [6, 6.07) is 16.2. The molecule has 0 amide bonds. The summed E-state index contributed by atoms with van der Waals surface area (Å²) in [7, 11) is 0. The van der Waals surface area contributed by atoms with Crippen molar-refractivity contribution in [1.29, 1.82) is 10.5 Å². The van der Waals surface area contributed by atoms with Crippen LogP contribution in [0.4, 0.5) is 0 Å². The third-order valence-electron chi connectivity index (χ3n) is 12.8. The predicted octanol–water partition coefficient (Wildman–Crippen LogP) is 20.5. The van der Waals surface area contributed by atoms with E-state index in [4.69, 9.17) is 13.1 Å². The monoisotopic (exact) mass is 1040 g/mol. The minimum Gasteiger partial charge on any atom is -0.227 e. The zero-order valence-corrected chi connectivity index (χ0v) is 45.0. The van der Waals surface area contributed by atoms with Crippen LogP contribution in [0.5, 0.6) is 0 Å². The number of hydrogen-bond donors (Lipinski definition) is 0. The molecule has 2 aliphatic rings. The Labute approximate surface area is 427 Å². The first kappa shape index (κ1) is 46.3. The van der Waals surface area contributed by atoms with Gasteiger partial charge in [0.2, 0.25) is 0 Å². The van der Waals surface area contributed by atoms with Crippen LogP contribution < -0.4 is 0 Å². The standard InChI is InChI=1S/C52H44N4S10/c1-7-11-13-27(9-3)15-29-17-36(58-34(29)19-31(24-53)55-5)33-26-57-50-45-49-43(65-52(45)66-46(33)50)23-40(62-49)39-22-42-48(61-39)44-47-41(63-51(44)64-42)21-38(60-47)37-18-30(16-28(10-4)14-12-8-2)35(59-37)20-32(25-54)56-6/h17-23,26-28,46,50H,7-16H2,1-4H3/b31-19+,32-20-. The molecule has 66 heavy (non-hydrogen) atoms. The van der Waals surface area contributed by atoms with Crippen LogP contribution in [0.25, 0.3) is 84.5 Å². The van der Waals surface area contributed by atoms with Gasteiger partial charge in [0.15, 0.2) is 0 Å². The molecule has 8 aromatic rings. The van der Waals surface area contributed by atoms with Gasteiger partial charge in [0.1, 0.15) is 0 Å². The summed E-state index contributed by atoms with van der Waals surface area (Å²) < 4.78 is 11.2. The van der Waals surface area contributed by atoms with Crippen molar-refractivity contribution in [2.75, 3.05) is 0 Å². The van der Waals surface area contributed by atoms with E-state index in [1.807, 2.05) is 104 Å². The largest absolute Gasteiger partial charge is 0.263 e. The Kier molecular flexibility index (Phi) is 13.9. The maximum Gasteiger partial charge on any atom is 0.263 e. The molecule has 0 bridgehead atoms. The number of hydrogen-bond acceptors (Lipinski definition) is 12. The van der Waals surface area contributed by atoms with Crippen molar-refractivity contribution in [2.45, 2.75) is 107 Å². The molecule has 0 fully saturated rings. The smallest absolute Gasteiger partial charge is 0.227 e. The number of rotatable bonds is 17. The van der Waals surface area contributed by atoms with Gasteiger partial charge >= 0.3 is 0 Å². The number of nitriles is 2. The maximum atomic E-state index is 9.66. The molecular weight excluding hydrogens is 1000 g/mol. The van der Waals surface area contributed by atoms with Gasteiger partial charge in [-0.2, -0.15) is 0 Å². The van der Waals surface area contributed by atoms with E-state index in [2.05, 4.69) is 85.3 Å². The van der Waals surface area contributed by atoms with Gasteiger partial charge < -0.3 is 0 Å². The number of thiophene rings is 8. The Hall–Kier alpha value is -3.48. The van der Waals surface area contributed by atoms with Crippen molar-refractivity contribution in [3.63, 3.8) is 0 Å². The van der Waals surface area contributed by atoms with Gasteiger partial charge in [-0.25, -0.2) is 20.2 Å². The summed E-state index contributed by atoms with van der Waals surface area (Å²) in [5.74, 6) is 1.20. The molecule has 0 aromatic carbocycles. The molecule has 4 unspecified atom stereocenters. The Morgan fingerprint density at radius 2 is 1.14 bits per heavy atom. The molecule has 0 N–H and O–H groups in total. The Morgan fingerprint density at radius 3 is 1.65 bits per heavy atom. The first-order valence-corrected chi connectivity index (χ1v) is 30.8. The molecule has 0 aliphatic carbocycles. The summed E-state index contributed by atoms with van der Waals surface area (Å²) in [6.45, 7) is 24.2. The zero-order valence-electron chi connectivity index (χ0n) is 36.9. The molecule has 4 atom stereocenters. The lowest BCUT2D eigenvalue weighted by atomic mass is 9.91. The highest BCUT2D eigenvalue weighted by Crippen LogP contribution is 2.66. The highest BCUT2D eigenvalue weighted by molar-refractivity contribution is 8.08. The zero-order chi connectivity index (χ0) is 45.6. The van der Waals surface area contributed by atoms with Gasteiger partial charge in [-0.3, -0.25) is 0 Å². The number of allylic oxidation sites excluding steroid dienone is 2. The van der Waals surface area contributed by atoms with Crippen molar-refractivity contribution in [1.82, 2.24) is 0 Å². The van der Waals surface area contributed by atoms with Gasteiger partial charge in [0.25, 0.3) is 11.4 Å². The summed E-state index contributed by atoms with van der Waals surface area (Å²) in [5, 5.41) is 23.9. The molecule has 0 spiro atoms. The Bertz CT molecular complexity index is 3390. The minimum atomic E-state index is 0.149. The van der Waals surface area contributed by atoms with Crippen LogP contribution in [0.2, 0.25) is 0 Å². The van der Waals surface area contributed by atoms with Gasteiger partial charge in [-0.05, 0) is 89.3 Å². The van der Waals surface area contributed by atoms with Gasteiger partial charge in [-0.15, -0.1) is 114 Å². The Balaban J connectivity index is 0.928. The van der Waals surface area contributed by atoms with E-state index in [-0.39, 0.29) is 11.4 Å². The van der Waals surface area contributed by atoms with Crippen molar-refractivity contribution in [2.24, 2.45) is 11.8 Å². The molecule has 332 valence electrons. The van der Waals surface area contributed by atoms with Crippen molar-refractivity contribution in [3.8, 4) is 31.6 Å². The molecule has 0 saturated carbocycles. The number of nitrogens with zero attached hydrogens (tertiary/aromatic N) is 4. The topological polar surface area (TPSA) is 56.3 Å². The lowest BCUT2D eigenvalue weighted by Crippen LogP contribution is -2.04. The molecule has 14 heteroatoms. The second-order valence-electron chi connectivity index (χ2n) is 17.0. The molecule has 0 radical (unpaired) electrons. The summed E-state index contributed by atoms with van der Waals surface area (Å²) in [6.07, 6.45) is 15.1. The maximum absolute atomic E-state index is 9.66. The minimum absolute atomic E-state index is 0.149. The molecule has 4 nitrogen and oxygen atoms in total. The highest BCUT2D eigenvalue weighted by Gasteiger charge is 2.43. The average Bonchev–Trinajstić information content (AvgIpc) is 4.17. The van der Waals surface area contributed by atoms with Crippen LogP contribution in [0.1, 0.15) is 116 Å². The van der Waals surface area contributed by atoms with E-state index >= 15 is 0 Å². The fourth-order valence-electron chi connectivity index (χ4n) is 9.20. The van der Waals surface area contributed by atoms with Crippen molar-refractivity contribution in [3.05, 3.63) is 101 Å². The first-order chi connectivity index (χ1) is 32.3. The molecule has 8 aromatic heterocycles. The van der Waals surface area contributed by atoms with E-state index < -0.39 is 0 Å². The van der Waals surface area contributed by atoms with Crippen LogP contribution in [0.15, 0.2) is 51.3 Å². The number of thioether (sulfide) groups is 2. The van der Waals surface area contributed by atoms with Crippen LogP contribution in [-0.4, -0.2) is 5.25 Å². The van der Waals surface area contributed by atoms with E-state index in [0.29, 0.717) is 22.3 Å². The lowest BCUT2D eigenvalue weighted by Gasteiger charge is -2.14.